The summed E-state index contributed by atoms with van der Waals surface area (Å²) in [5.41, 5.74) is 3.88. The summed E-state index contributed by atoms with van der Waals surface area (Å²) in [7, 11) is 0. The Bertz CT molecular complexity index is 1190. The Labute approximate surface area is 175 Å². The number of para-hydroxylation sites is 2. The summed E-state index contributed by atoms with van der Waals surface area (Å²) in [6, 6.07) is 14.2. The van der Waals surface area contributed by atoms with Gasteiger partial charge in [0.2, 0.25) is 0 Å². The van der Waals surface area contributed by atoms with Crippen molar-refractivity contribution in [3.05, 3.63) is 56.4 Å². The fraction of sp³-hybridized carbons (Fsp3) is 0.238. The predicted octanol–water partition coefficient (Wildman–Crippen LogP) is 3.84. The molecular weight excluding hydrogens is 465 g/mol. The number of aromatic amines is 2. The zero-order valence-corrected chi connectivity index (χ0v) is 17.3. The van der Waals surface area contributed by atoms with E-state index in [9.17, 15) is 4.79 Å². The first-order valence-corrected chi connectivity index (χ1v) is 10.5. The van der Waals surface area contributed by atoms with Gasteiger partial charge in [0.25, 0.3) is 5.56 Å². The monoisotopic (exact) mass is 485 g/mol. The molecule has 1 fully saturated rings. The minimum absolute atomic E-state index is 0.140. The summed E-state index contributed by atoms with van der Waals surface area (Å²) in [5, 5.41) is 8.10. The van der Waals surface area contributed by atoms with Crippen molar-refractivity contribution in [1.82, 2.24) is 20.3 Å². The normalized spacial score (nSPS) is 17.2. The van der Waals surface area contributed by atoms with Crippen molar-refractivity contribution in [2.24, 2.45) is 0 Å². The third-order valence-electron chi connectivity index (χ3n) is 5.25. The summed E-state index contributed by atoms with van der Waals surface area (Å²) in [6.45, 7) is 1.93. The first kappa shape index (κ1) is 17.7. The lowest BCUT2D eigenvalue weighted by Crippen LogP contribution is -2.38. The highest BCUT2D eigenvalue weighted by Crippen LogP contribution is 2.32. The molecule has 0 radical (unpaired) electrons. The molecule has 1 saturated heterocycles. The highest BCUT2D eigenvalue weighted by molar-refractivity contribution is 14.1. The molecule has 0 amide bonds. The summed E-state index contributed by atoms with van der Waals surface area (Å²) in [4.78, 5) is 24.1. The number of pyridine rings is 1. The van der Waals surface area contributed by atoms with Crippen molar-refractivity contribution in [3.8, 4) is 11.4 Å². The van der Waals surface area contributed by atoms with Crippen LogP contribution in [0.15, 0.2) is 47.3 Å². The lowest BCUT2D eigenvalue weighted by molar-refractivity contribution is 0.480. The van der Waals surface area contributed by atoms with Gasteiger partial charge in [0, 0.05) is 21.5 Å². The maximum Gasteiger partial charge on any atom is 0.261 e. The number of rotatable bonds is 3. The van der Waals surface area contributed by atoms with Crippen LogP contribution in [-0.2, 0) is 0 Å². The quantitative estimate of drug-likeness (QED) is 0.333. The molecule has 1 aliphatic rings. The fourth-order valence-corrected chi connectivity index (χ4v) is 4.38. The van der Waals surface area contributed by atoms with Gasteiger partial charge in [0.05, 0.1) is 22.2 Å². The number of anilines is 1. The summed E-state index contributed by atoms with van der Waals surface area (Å²) < 4.78 is 1.12. The molecule has 0 aliphatic carbocycles. The SMILES string of the molecule is O=c1[nH]c2ccc(I)cc2c(NC2CCCNC2)c1-c1nc2ccccc2[nH]1. The van der Waals surface area contributed by atoms with Crippen LogP contribution < -0.4 is 16.2 Å². The van der Waals surface area contributed by atoms with Crippen LogP contribution in [0.3, 0.4) is 0 Å². The van der Waals surface area contributed by atoms with Gasteiger partial charge in [-0.25, -0.2) is 4.98 Å². The second kappa shape index (κ2) is 7.21. The molecule has 4 N–H and O–H groups in total. The van der Waals surface area contributed by atoms with E-state index in [1.807, 2.05) is 36.4 Å². The van der Waals surface area contributed by atoms with Crippen LogP contribution in [-0.4, -0.2) is 34.1 Å². The maximum absolute atomic E-state index is 13.1. The largest absolute Gasteiger partial charge is 0.380 e. The molecule has 0 spiro atoms. The summed E-state index contributed by atoms with van der Waals surface area (Å²) >= 11 is 2.31. The third kappa shape index (κ3) is 3.18. The Morgan fingerprint density at radius 3 is 2.82 bits per heavy atom. The van der Waals surface area contributed by atoms with Gasteiger partial charge in [-0.05, 0) is 72.3 Å². The number of imidazole rings is 1. The smallest absolute Gasteiger partial charge is 0.261 e. The molecule has 1 atom stereocenters. The average molecular weight is 485 g/mol. The van der Waals surface area contributed by atoms with Gasteiger partial charge in [-0.1, -0.05) is 12.1 Å². The van der Waals surface area contributed by atoms with Crippen molar-refractivity contribution < 1.29 is 0 Å². The Morgan fingerprint density at radius 1 is 1.11 bits per heavy atom. The minimum atomic E-state index is -0.140. The van der Waals surface area contributed by atoms with E-state index in [-0.39, 0.29) is 11.6 Å². The van der Waals surface area contributed by atoms with Crippen molar-refractivity contribution in [3.63, 3.8) is 0 Å². The van der Waals surface area contributed by atoms with E-state index < -0.39 is 0 Å². The van der Waals surface area contributed by atoms with Crippen LogP contribution >= 0.6 is 22.6 Å². The topological polar surface area (TPSA) is 85.6 Å². The molecule has 28 heavy (non-hydrogen) atoms. The molecule has 2 aromatic carbocycles. The molecule has 5 rings (SSSR count). The second-order valence-corrected chi connectivity index (χ2v) is 8.43. The van der Waals surface area contributed by atoms with Gasteiger partial charge >= 0.3 is 0 Å². The number of nitrogens with zero attached hydrogens (tertiary/aromatic N) is 1. The Balaban J connectivity index is 1.75. The molecule has 3 heterocycles. The zero-order chi connectivity index (χ0) is 19.1. The van der Waals surface area contributed by atoms with E-state index in [4.69, 9.17) is 4.98 Å². The first-order valence-electron chi connectivity index (χ1n) is 9.47. The summed E-state index contributed by atoms with van der Waals surface area (Å²) in [6.07, 6.45) is 2.20. The number of nitrogens with one attached hydrogen (secondary N) is 4. The van der Waals surface area contributed by atoms with Crippen LogP contribution in [0, 0.1) is 3.57 Å². The second-order valence-electron chi connectivity index (χ2n) is 7.18. The standard InChI is InChI=1S/C21H20IN5O/c22-12-7-8-15-14(10-12)19(24-13-4-3-9-23-11-13)18(21(28)27-15)20-25-16-5-1-2-6-17(16)26-20/h1-2,5-8,10,13,23H,3-4,9,11H2,(H,25,26)(H2,24,27,28). The van der Waals surface area contributed by atoms with E-state index in [1.165, 1.54) is 0 Å². The molecule has 7 heteroatoms. The van der Waals surface area contributed by atoms with Crippen LogP contribution in [0.2, 0.25) is 0 Å². The average Bonchev–Trinajstić information content (AvgIpc) is 3.13. The van der Waals surface area contributed by atoms with E-state index >= 15 is 0 Å². The Kier molecular flexibility index (Phi) is 4.56. The van der Waals surface area contributed by atoms with Crippen LogP contribution in [0.25, 0.3) is 33.3 Å². The maximum atomic E-state index is 13.1. The number of H-pyrrole nitrogens is 2. The summed E-state index contributed by atoms with van der Waals surface area (Å²) in [5.74, 6) is 0.592. The van der Waals surface area contributed by atoms with Crippen LogP contribution in [0.1, 0.15) is 12.8 Å². The minimum Gasteiger partial charge on any atom is -0.380 e. The molecular formula is C21H20IN5O. The van der Waals surface area contributed by atoms with Crippen LogP contribution in [0.4, 0.5) is 5.69 Å². The van der Waals surface area contributed by atoms with E-state index in [0.717, 1.165) is 57.1 Å². The Hall–Kier alpha value is -2.39. The van der Waals surface area contributed by atoms with Gasteiger partial charge in [-0.15, -0.1) is 0 Å². The van der Waals surface area contributed by atoms with Gasteiger partial charge in [0.1, 0.15) is 11.4 Å². The van der Waals surface area contributed by atoms with Gasteiger partial charge < -0.3 is 20.6 Å². The van der Waals surface area contributed by atoms with Gasteiger partial charge in [0.15, 0.2) is 0 Å². The van der Waals surface area contributed by atoms with Crippen molar-refractivity contribution in [2.75, 3.05) is 18.4 Å². The number of halogens is 1. The highest BCUT2D eigenvalue weighted by Gasteiger charge is 2.21. The number of piperidine rings is 1. The van der Waals surface area contributed by atoms with Gasteiger partial charge in [-0.3, -0.25) is 4.79 Å². The fourth-order valence-electron chi connectivity index (χ4n) is 3.89. The van der Waals surface area contributed by atoms with Crippen molar-refractivity contribution in [2.45, 2.75) is 18.9 Å². The van der Waals surface area contributed by atoms with Gasteiger partial charge in [-0.2, -0.15) is 0 Å². The number of hydrogen-bond donors (Lipinski definition) is 4. The van der Waals surface area contributed by atoms with E-state index in [1.54, 1.807) is 0 Å². The van der Waals surface area contributed by atoms with E-state index in [0.29, 0.717) is 11.4 Å². The third-order valence-corrected chi connectivity index (χ3v) is 5.92. The zero-order valence-electron chi connectivity index (χ0n) is 15.2. The number of hydrogen-bond acceptors (Lipinski definition) is 4. The lowest BCUT2D eigenvalue weighted by atomic mass is 10.0. The molecule has 6 nitrogen and oxygen atoms in total. The van der Waals surface area contributed by atoms with Crippen LogP contribution in [0.5, 0.6) is 0 Å². The highest BCUT2D eigenvalue weighted by atomic mass is 127. The molecule has 1 aliphatic heterocycles. The number of fused-ring (bicyclic) bond motifs is 2. The number of aromatic nitrogens is 3. The molecule has 2 aromatic heterocycles. The lowest BCUT2D eigenvalue weighted by Gasteiger charge is -2.26. The number of benzene rings is 2. The predicted molar refractivity (Wildman–Crippen MR) is 122 cm³/mol. The first-order chi connectivity index (χ1) is 13.7. The molecule has 142 valence electrons. The van der Waals surface area contributed by atoms with Crippen molar-refractivity contribution in [1.29, 1.82) is 0 Å². The Morgan fingerprint density at radius 2 is 2.00 bits per heavy atom. The molecule has 4 aromatic rings. The molecule has 0 saturated carbocycles. The molecule has 0 bridgehead atoms. The van der Waals surface area contributed by atoms with Crippen molar-refractivity contribution >= 4 is 50.2 Å². The molecule has 1 unspecified atom stereocenters. The van der Waals surface area contributed by atoms with E-state index in [2.05, 4.69) is 49.3 Å².